The molecular formula is C20H25N2O2Si. The third-order valence-electron chi connectivity index (χ3n) is 4.75. The van der Waals surface area contributed by atoms with E-state index >= 15 is 0 Å². The van der Waals surface area contributed by atoms with Crippen molar-refractivity contribution in [2.24, 2.45) is 17.1 Å². The van der Waals surface area contributed by atoms with Gasteiger partial charge in [0.15, 0.2) is 0 Å². The van der Waals surface area contributed by atoms with Crippen molar-refractivity contribution in [3.8, 4) is 0 Å². The molecule has 2 unspecified atom stereocenters. The largest absolute Gasteiger partial charge is 0.387 e. The second-order valence-electron chi connectivity index (χ2n) is 7.53. The Kier molecular flexibility index (Phi) is 4.97. The molecule has 0 aliphatic carbocycles. The van der Waals surface area contributed by atoms with Crippen LogP contribution in [0.25, 0.3) is 0 Å². The van der Waals surface area contributed by atoms with Gasteiger partial charge in [-0.2, -0.15) is 0 Å². The van der Waals surface area contributed by atoms with E-state index in [0.717, 1.165) is 0 Å². The van der Waals surface area contributed by atoms with Crippen molar-refractivity contribution in [2.45, 2.75) is 27.0 Å². The Morgan fingerprint density at radius 2 is 1.52 bits per heavy atom. The summed E-state index contributed by atoms with van der Waals surface area (Å²) in [6.07, 6.45) is -0.271. The Bertz CT molecular complexity index is 676. The van der Waals surface area contributed by atoms with Crippen molar-refractivity contribution in [1.29, 1.82) is 0 Å². The number of amides is 2. The van der Waals surface area contributed by atoms with Gasteiger partial charge in [-0.3, -0.25) is 4.90 Å². The van der Waals surface area contributed by atoms with Crippen molar-refractivity contribution < 1.29 is 9.22 Å². The Morgan fingerprint density at radius 3 is 1.92 bits per heavy atom. The van der Waals surface area contributed by atoms with Crippen LogP contribution in [0.15, 0.2) is 60.7 Å². The predicted molar refractivity (Wildman–Crippen MR) is 102 cm³/mol. The molecule has 5 heteroatoms. The van der Waals surface area contributed by atoms with E-state index in [1.165, 1.54) is 10.4 Å². The van der Waals surface area contributed by atoms with Gasteiger partial charge in [0.25, 0.3) is 9.04 Å². The second-order valence-corrected chi connectivity index (χ2v) is 9.58. The fraction of sp³-hybridized carbons (Fsp3) is 0.350. The lowest BCUT2D eigenvalue weighted by atomic mass is 9.74. The smallest absolute Gasteiger partial charge is 0.316 e. The third-order valence-corrected chi connectivity index (χ3v) is 6.94. The molecule has 1 saturated heterocycles. The standard InChI is InChI=1S/C20H25N2O2Si/c1-20(2,3)17-14-22(19(21)23)18(17)24-25(15-10-6-4-7-11-15)16-12-8-5-9-13-16/h4-13,17-18H,14H2,1-3H3,(H2,21,23). The fourth-order valence-corrected chi connectivity index (χ4v) is 5.28. The van der Waals surface area contributed by atoms with Crippen molar-refractivity contribution in [3.05, 3.63) is 60.7 Å². The number of nitrogens with zero attached hydrogens (tertiary/aromatic N) is 1. The zero-order valence-corrected chi connectivity index (χ0v) is 16.0. The van der Waals surface area contributed by atoms with Gasteiger partial charge >= 0.3 is 6.03 Å². The lowest BCUT2D eigenvalue weighted by molar-refractivity contribution is -0.119. The molecule has 1 aliphatic heterocycles. The van der Waals surface area contributed by atoms with Gasteiger partial charge in [0.1, 0.15) is 6.23 Å². The van der Waals surface area contributed by atoms with Gasteiger partial charge < -0.3 is 10.2 Å². The Morgan fingerprint density at radius 1 is 1.04 bits per heavy atom. The van der Waals surface area contributed by atoms with Gasteiger partial charge in [0.05, 0.1) is 0 Å². The maximum Gasteiger partial charge on any atom is 0.316 e. The molecule has 2 atom stereocenters. The van der Waals surface area contributed by atoms with Crippen molar-refractivity contribution in [2.75, 3.05) is 6.54 Å². The summed E-state index contributed by atoms with van der Waals surface area (Å²) in [4.78, 5) is 13.4. The highest BCUT2D eigenvalue weighted by atomic mass is 28.3. The van der Waals surface area contributed by atoms with Crippen LogP contribution in [0.5, 0.6) is 0 Å². The number of nitrogens with two attached hydrogens (primary N) is 1. The number of primary amides is 1. The molecule has 0 spiro atoms. The molecule has 25 heavy (non-hydrogen) atoms. The minimum absolute atomic E-state index is 0.0525. The van der Waals surface area contributed by atoms with Gasteiger partial charge in [0.2, 0.25) is 0 Å². The summed E-state index contributed by atoms with van der Waals surface area (Å²) >= 11 is 0. The van der Waals surface area contributed by atoms with Crippen LogP contribution in [-0.4, -0.2) is 32.7 Å². The normalized spacial score (nSPS) is 20.4. The molecule has 0 bridgehead atoms. The van der Waals surface area contributed by atoms with Gasteiger partial charge in [-0.25, -0.2) is 4.79 Å². The van der Waals surface area contributed by atoms with E-state index in [2.05, 4.69) is 45.0 Å². The summed E-state index contributed by atoms with van der Waals surface area (Å²) in [7, 11) is -1.47. The SMILES string of the molecule is CC(C)(C)C1CN(C(N)=O)C1O[Si](c1ccccc1)c1ccccc1. The lowest BCUT2D eigenvalue weighted by Crippen LogP contribution is -2.67. The van der Waals surface area contributed by atoms with Crippen molar-refractivity contribution in [1.82, 2.24) is 4.90 Å². The van der Waals surface area contributed by atoms with E-state index < -0.39 is 15.1 Å². The highest BCUT2D eigenvalue weighted by molar-refractivity contribution is 6.80. The molecule has 131 valence electrons. The summed E-state index contributed by atoms with van der Waals surface area (Å²) < 4.78 is 6.60. The number of rotatable bonds is 4. The van der Waals surface area contributed by atoms with E-state index in [0.29, 0.717) is 6.54 Å². The van der Waals surface area contributed by atoms with Gasteiger partial charge in [0, 0.05) is 12.5 Å². The lowest BCUT2D eigenvalue weighted by Gasteiger charge is -2.53. The minimum atomic E-state index is -1.47. The van der Waals surface area contributed by atoms with E-state index in [9.17, 15) is 4.79 Å². The van der Waals surface area contributed by atoms with Gasteiger partial charge in [-0.15, -0.1) is 0 Å². The first-order valence-electron chi connectivity index (χ1n) is 8.58. The Balaban J connectivity index is 1.92. The predicted octanol–water partition coefficient (Wildman–Crippen LogP) is 2.19. The van der Waals surface area contributed by atoms with E-state index in [4.69, 9.17) is 10.2 Å². The molecule has 1 heterocycles. The molecule has 2 aromatic carbocycles. The van der Waals surface area contributed by atoms with Crippen LogP contribution in [0.3, 0.4) is 0 Å². The molecule has 0 aromatic heterocycles. The van der Waals surface area contributed by atoms with E-state index in [1.807, 2.05) is 36.4 Å². The first kappa shape index (κ1) is 17.7. The number of carbonyl (C=O) groups excluding carboxylic acids is 1. The average Bonchev–Trinajstić information content (AvgIpc) is 2.54. The Labute approximate surface area is 151 Å². The molecule has 1 radical (unpaired) electrons. The quantitative estimate of drug-likeness (QED) is 0.857. The highest BCUT2D eigenvalue weighted by Gasteiger charge is 2.49. The van der Waals surface area contributed by atoms with Gasteiger partial charge in [-0.05, 0) is 15.8 Å². The molecule has 1 aliphatic rings. The van der Waals surface area contributed by atoms with Crippen LogP contribution < -0.4 is 16.1 Å². The molecule has 2 N–H and O–H groups in total. The first-order valence-corrected chi connectivity index (χ1v) is 9.99. The zero-order chi connectivity index (χ0) is 18.0. The van der Waals surface area contributed by atoms with Gasteiger partial charge in [-0.1, -0.05) is 81.4 Å². The number of hydrogen-bond donors (Lipinski definition) is 1. The van der Waals surface area contributed by atoms with Crippen LogP contribution in [0.4, 0.5) is 4.79 Å². The van der Waals surface area contributed by atoms with Crippen LogP contribution in [0.1, 0.15) is 20.8 Å². The Hall–Kier alpha value is -2.11. The summed E-state index contributed by atoms with van der Waals surface area (Å²) in [6, 6.07) is 20.1. The monoisotopic (exact) mass is 353 g/mol. The molecule has 1 fully saturated rings. The zero-order valence-electron chi connectivity index (χ0n) is 15.0. The molecule has 2 amide bonds. The fourth-order valence-electron chi connectivity index (χ4n) is 3.15. The third kappa shape index (κ3) is 3.77. The summed E-state index contributed by atoms with van der Waals surface area (Å²) in [6.45, 7) is 7.21. The molecule has 2 aromatic rings. The number of hydrogen-bond acceptors (Lipinski definition) is 2. The average molecular weight is 354 g/mol. The summed E-state index contributed by atoms with van der Waals surface area (Å²) in [5.41, 5.74) is 5.62. The molecular weight excluding hydrogens is 328 g/mol. The topological polar surface area (TPSA) is 55.6 Å². The summed E-state index contributed by atoms with van der Waals surface area (Å²) in [5, 5.41) is 2.34. The van der Waals surface area contributed by atoms with Crippen LogP contribution in [-0.2, 0) is 4.43 Å². The minimum Gasteiger partial charge on any atom is -0.387 e. The van der Waals surface area contributed by atoms with Crippen LogP contribution in [0.2, 0.25) is 0 Å². The number of carbonyl (C=O) groups is 1. The van der Waals surface area contributed by atoms with Crippen molar-refractivity contribution in [3.63, 3.8) is 0 Å². The molecule has 0 saturated carbocycles. The van der Waals surface area contributed by atoms with E-state index in [-0.39, 0.29) is 17.6 Å². The summed E-state index contributed by atoms with van der Waals surface area (Å²) in [5.74, 6) is 0.271. The number of benzene rings is 2. The van der Waals surface area contributed by atoms with Crippen molar-refractivity contribution >= 4 is 25.4 Å². The number of urea groups is 1. The maximum absolute atomic E-state index is 11.8. The van der Waals surface area contributed by atoms with E-state index in [1.54, 1.807) is 4.90 Å². The highest BCUT2D eigenvalue weighted by Crippen LogP contribution is 2.39. The molecule has 4 nitrogen and oxygen atoms in total. The maximum atomic E-state index is 11.8. The number of likely N-dealkylation sites (tertiary alicyclic amines) is 1. The first-order chi connectivity index (χ1) is 11.9. The van der Waals surface area contributed by atoms with Crippen LogP contribution in [0, 0.1) is 11.3 Å². The molecule has 3 rings (SSSR count). The second kappa shape index (κ2) is 7.02. The van der Waals surface area contributed by atoms with Crippen LogP contribution >= 0.6 is 0 Å².